The Hall–Kier alpha value is -5.45. The molecule has 0 N–H and O–H groups in total. The first-order valence-electron chi connectivity index (χ1n) is 15.9. The maximum Gasteiger partial charge on any atom is 0.137 e. The molecule has 0 amide bonds. The molecule has 1 heterocycles. The normalized spacial score (nSPS) is 11.8. The molecule has 8 rings (SSSR count). The summed E-state index contributed by atoms with van der Waals surface area (Å²) in [6.07, 6.45) is 1.86. The molecule has 4 heteroatoms. The van der Waals surface area contributed by atoms with Gasteiger partial charge in [0, 0.05) is 34.0 Å². The van der Waals surface area contributed by atoms with Gasteiger partial charge in [0.1, 0.15) is 5.82 Å². The quantitative estimate of drug-likeness (QED) is 0.132. The zero-order valence-electron chi connectivity index (χ0n) is 26.4. The number of anilines is 6. The second-order valence-corrected chi connectivity index (χ2v) is 18.0. The van der Waals surface area contributed by atoms with Gasteiger partial charge in [0.15, 0.2) is 0 Å². The van der Waals surface area contributed by atoms with Crippen molar-refractivity contribution in [3.8, 4) is 0 Å². The van der Waals surface area contributed by atoms with Crippen LogP contribution in [-0.2, 0) is 0 Å². The largest absolute Gasteiger partial charge is 0.310 e. The molecule has 7 aromatic carbocycles. The number of rotatable bonds is 7. The van der Waals surface area contributed by atoms with Gasteiger partial charge in [-0.15, -0.1) is 0 Å². The average molecular weight is 610 g/mol. The van der Waals surface area contributed by atoms with Crippen molar-refractivity contribution in [2.45, 2.75) is 19.6 Å². The third kappa shape index (κ3) is 4.79. The summed E-state index contributed by atoms with van der Waals surface area (Å²) in [5.74, 6) is 0.890. The Bertz CT molecular complexity index is 2240. The number of nitrogens with zero attached hydrogens (tertiary/aromatic N) is 3. The highest BCUT2D eigenvalue weighted by atomic mass is 28.3. The zero-order chi connectivity index (χ0) is 31.3. The standard InChI is InChI=1S/C42H35N3Si/c1-46(2,3)35-23-21-34(22-24-35)44(32-12-6-4-7-13-32)38-27-19-30-18-26-37-39(28-20-31-17-25-36(38)41(30)42(31)37)45(33-14-8-5-9-15-33)40-16-10-11-29-43-40/h4-29H,1-3H3. The van der Waals surface area contributed by atoms with E-state index in [9.17, 15) is 0 Å². The zero-order valence-corrected chi connectivity index (χ0v) is 27.4. The molecule has 0 saturated heterocycles. The van der Waals surface area contributed by atoms with Crippen LogP contribution >= 0.6 is 0 Å². The van der Waals surface area contributed by atoms with E-state index in [-0.39, 0.29) is 0 Å². The summed E-state index contributed by atoms with van der Waals surface area (Å²) in [4.78, 5) is 9.46. The fourth-order valence-corrected chi connectivity index (χ4v) is 7.90. The van der Waals surface area contributed by atoms with Crippen molar-refractivity contribution in [3.63, 3.8) is 0 Å². The molecule has 0 radical (unpaired) electrons. The first kappa shape index (κ1) is 28.1. The third-order valence-corrected chi connectivity index (χ3v) is 11.1. The molecule has 0 fully saturated rings. The number of pyridine rings is 1. The van der Waals surface area contributed by atoms with Gasteiger partial charge in [0.25, 0.3) is 0 Å². The van der Waals surface area contributed by atoms with Crippen LogP contribution in [0.1, 0.15) is 0 Å². The first-order valence-corrected chi connectivity index (χ1v) is 19.4. The van der Waals surface area contributed by atoms with Crippen molar-refractivity contribution in [2.24, 2.45) is 0 Å². The molecule has 0 spiro atoms. The second kappa shape index (κ2) is 11.2. The topological polar surface area (TPSA) is 19.4 Å². The van der Waals surface area contributed by atoms with Gasteiger partial charge in [-0.25, -0.2) is 4.98 Å². The van der Waals surface area contributed by atoms with Gasteiger partial charge in [0.2, 0.25) is 0 Å². The molecule has 222 valence electrons. The molecule has 0 atom stereocenters. The van der Waals surface area contributed by atoms with E-state index in [2.05, 4.69) is 175 Å². The van der Waals surface area contributed by atoms with Crippen LogP contribution < -0.4 is 15.0 Å². The molecule has 8 aromatic rings. The fraction of sp³-hybridized carbons (Fsp3) is 0.0714. The molecule has 0 aliphatic carbocycles. The molecular weight excluding hydrogens is 575 g/mol. The van der Waals surface area contributed by atoms with Gasteiger partial charge in [-0.3, -0.25) is 4.90 Å². The van der Waals surface area contributed by atoms with Crippen molar-refractivity contribution < 1.29 is 0 Å². The summed E-state index contributed by atoms with van der Waals surface area (Å²) in [5.41, 5.74) is 5.66. The minimum Gasteiger partial charge on any atom is -0.310 e. The predicted molar refractivity (Wildman–Crippen MR) is 200 cm³/mol. The number of para-hydroxylation sites is 2. The highest BCUT2D eigenvalue weighted by Gasteiger charge is 2.22. The van der Waals surface area contributed by atoms with Crippen LogP contribution in [-0.4, -0.2) is 13.1 Å². The smallest absolute Gasteiger partial charge is 0.137 e. The van der Waals surface area contributed by atoms with E-state index in [4.69, 9.17) is 4.98 Å². The third-order valence-electron chi connectivity index (χ3n) is 9.00. The van der Waals surface area contributed by atoms with Crippen LogP contribution in [0.15, 0.2) is 158 Å². The lowest BCUT2D eigenvalue weighted by atomic mass is 9.92. The Morgan fingerprint density at radius 2 is 0.913 bits per heavy atom. The van der Waals surface area contributed by atoms with Gasteiger partial charge >= 0.3 is 0 Å². The Balaban J connectivity index is 1.38. The Kier molecular flexibility index (Phi) is 6.81. The lowest BCUT2D eigenvalue weighted by Gasteiger charge is -2.29. The first-order chi connectivity index (χ1) is 22.5. The van der Waals surface area contributed by atoms with E-state index in [0.29, 0.717) is 0 Å². The molecule has 3 nitrogen and oxygen atoms in total. The summed E-state index contributed by atoms with van der Waals surface area (Å²) in [6.45, 7) is 7.21. The highest BCUT2D eigenvalue weighted by molar-refractivity contribution is 6.88. The lowest BCUT2D eigenvalue weighted by molar-refractivity contribution is 1.19. The van der Waals surface area contributed by atoms with E-state index in [0.717, 1.165) is 28.6 Å². The molecule has 0 aliphatic heterocycles. The molecule has 46 heavy (non-hydrogen) atoms. The van der Waals surface area contributed by atoms with Gasteiger partial charge in [-0.1, -0.05) is 116 Å². The summed E-state index contributed by atoms with van der Waals surface area (Å²) < 4.78 is 0. The highest BCUT2D eigenvalue weighted by Crippen LogP contribution is 2.47. The van der Waals surface area contributed by atoms with Crippen molar-refractivity contribution in [1.29, 1.82) is 0 Å². The van der Waals surface area contributed by atoms with Gasteiger partial charge in [-0.05, 0) is 82.2 Å². The molecule has 0 saturated carbocycles. The van der Waals surface area contributed by atoms with E-state index >= 15 is 0 Å². The molecule has 0 aliphatic rings. The predicted octanol–water partition coefficient (Wildman–Crippen LogP) is 11.5. The van der Waals surface area contributed by atoms with Crippen LogP contribution in [0.25, 0.3) is 32.3 Å². The summed E-state index contributed by atoms with van der Waals surface area (Å²) in [7, 11) is -1.43. The SMILES string of the molecule is C[Si](C)(C)c1ccc(N(c2ccccc2)c2ccc3ccc4c(N(c5ccccc5)c5ccccn5)ccc5ccc2c3c54)cc1. The van der Waals surface area contributed by atoms with Crippen molar-refractivity contribution >= 4 is 79.8 Å². The minimum absolute atomic E-state index is 0.890. The van der Waals surface area contributed by atoms with Crippen molar-refractivity contribution in [2.75, 3.05) is 9.80 Å². The van der Waals surface area contributed by atoms with E-state index in [1.165, 1.54) is 43.2 Å². The maximum atomic E-state index is 4.79. The number of hydrogen-bond donors (Lipinski definition) is 0. The van der Waals surface area contributed by atoms with E-state index < -0.39 is 8.07 Å². The average Bonchev–Trinajstić information content (AvgIpc) is 3.10. The monoisotopic (exact) mass is 609 g/mol. The van der Waals surface area contributed by atoms with Gasteiger partial charge in [0.05, 0.1) is 19.4 Å². The number of benzene rings is 7. The van der Waals surface area contributed by atoms with Crippen LogP contribution in [0, 0.1) is 0 Å². The van der Waals surface area contributed by atoms with E-state index in [1.807, 2.05) is 12.3 Å². The van der Waals surface area contributed by atoms with Crippen LogP contribution in [0.3, 0.4) is 0 Å². The Morgan fingerprint density at radius 1 is 0.435 bits per heavy atom. The number of hydrogen-bond acceptors (Lipinski definition) is 3. The van der Waals surface area contributed by atoms with Crippen LogP contribution in [0.4, 0.5) is 34.3 Å². The molecule has 0 unspecified atom stereocenters. The summed E-state index contributed by atoms with van der Waals surface area (Å²) in [6, 6.07) is 54.8. The van der Waals surface area contributed by atoms with Gasteiger partial charge in [-0.2, -0.15) is 0 Å². The molecular formula is C42H35N3Si. The fourth-order valence-electron chi connectivity index (χ4n) is 6.73. The second-order valence-electron chi connectivity index (χ2n) is 12.9. The number of aromatic nitrogens is 1. The molecule has 0 bridgehead atoms. The summed E-state index contributed by atoms with van der Waals surface area (Å²) in [5, 5.41) is 8.91. The minimum atomic E-state index is -1.43. The maximum absolute atomic E-state index is 4.79. The van der Waals surface area contributed by atoms with Crippen molar-refractivity contribution in [1.82, 2.24) is 4.98 Å². The summed E-state index contributed by atoms with van der Waals surface area (Å²) >= 11 is 0. The Labute approximate surface area is 271 Å². The molecule has 1 aromatic heterocycles. The van der Waals surface area contributed by atoms with Crippen LogP contribution in [0.5, 0.6) is 0 Å². The van der Waals surface area contributed by atoms with Crippen molar-refractivity contribution in [3.05, 3.63) is 158 Å². The van der Waals surface area contributed by atoms with Gasteiger partial charge < -0.3 is 4.90 Å². The lowest BCUT2D eigenvalue weighted by Crippen LogP contribution is -2.37. The van der Waals surface area contributed by atoms with Crippen LogP contribution in [0.2, 0.25) is 19.6 Å². The Morgan fingerprint density at radius 3 is 1.43 bits per heavy atom. The van der Waals surface area contributed by atoms with E-state index in [1.54, 1.807) is 0 Å².